The van der Waals surface area contributed by atoms with Gasteiger partial charge in [-0.25, -0.2) is 0 Å². The first-order valence-corrected chi connectivity index (χ1v) is 8.48. The Balaban J connectivity index is 1.53. The highest BCUT2D eigenvalue weighted by atomic mass is 16.7. The fraction of sp³-hybridized carbons (Fsp3) is 0.444. The first-order valence-electron chi connectivity index (χ1n) is 8.48. The lowest BCUT2D eigenvalue weighted by molar-refractivity contribution is 0.0633. The summed E-state index contributed by atoms with van der Waals surface area (Å²) in [6.07, 6.45) is 0.941. The molecule has 25 heavy (non-hydrogen) atoms. The van der Waals surface area contributed by atoms with Crippen molar-refractivity contribution in [2.24, 2.45) is 5.92 Å². The maximum absolute atomic E-state index is 12.8. The van der Waals surface area contributed by atoms with Gasteiger partial charge < -0.3 is 24.2 Å². The molecule has 3 heterocycles. The number of nitrogens with zero attached hydrogens (tertiary/aromatic N) is 2. The number of piperidine rings is 1. The molecular weight excluding hydrogens is 322 g/mol. The standard InChI is InChI=1S/C18H21N3O4/c1-11-9-19-6-5-14(11)21(2)18(22)13-8-16(25-20-13)12-3-4-15-17(7-12)24-10-23-15/h3-4,7-8,11,14,19H,5-6,9-10H2,1-2H3. The SMILES string of the molecule is CC1CNCCC1N(C)C(=O)c1cc(-c2ccc3c(c2)OCO3)on1. The summed E-state index contributed by atoms with van der Waals surface area (Å²) < 4.78 is 16.1. The van der Waals surface area contributed by atoms with Gasteiger partial charge in [0.1, 0.15) is 0 Å². The molecule has 4 rings (SSSR count). The van der Waals surface area contributed by atoms with E-state index in [2.05, 4.69) is 17.4 Å². The summed E-state index contributed by atoms with van der Waals surface area (Å²) in [6, 6.07) is 7.41. The molecule has 1 aromatic heterocycles. The number of amides is 1. The third-order valence-electron chi connectivity index (χ3n) is 4.94. The number of rotatable bonds is 3. The van der Waals surface area contributed by atoms with Gasteiger partial charge in [0.25, 0.3) is 5.91 Å². The average molecular weight is 343 g/mol. The van der Waals surface area contributed by atoms with E-state index < -0.39 is 0 Å². The Morgan fingerprint density at radius 1 is 1.28 bits per heavy atom. The number of benzene rings is 1. The van der Waals surface area contributed by atoms with Gasteiger partial charge in [0.15, 0.2) is 23.0 Å². The van der Waals surface area contributed by atoms with E-state index in [4.69, 9.17) is 14.0 Å². The maximum atomic E-state index is 12.8. The number of carbonyl (C=O) groups is 1. The minimum atomic E-state index is -0.116. The summed E-state index contributed by atoms with van der Waals surface area (Å²) in [5.74, 6) is 2.20. The van der Waals surface area contributed by atoms with Crippen LogP contribution in [0.3, 0.4) is 0 Å². The first kappa shape index (κ1) is 16.0. The largest absolute Gasteiger partial charge is 0.454 e. The zero-order valence-electron chi connectivity index (χ0n) is 14.3. The third kappa shape index (κ3) is 2.95. The van der Waals surface area contributed by atoms with Crippen molar-refractivity contribution >= 4 is 5.91 Å². The van der Waals surface area contributed by atoms with Crippen LogP contribution < -0.4 is 14.8 Å². The van der Waals surface area contributed by atoms with E-state index in [1.165, 1.54) is 0 Å². The smallest absolute Gasteiger partial charge is 0.276 e. The van der Waals surface area contributed by atoms with Crippen LogP contribution in [-0.2, 0) is 0 Å². The molecule has 1 saturated heterocycles. The van der Waals surface area contributed by atoms with Gasteiger partial charge in [-0.3, -0.25) is 4.79 Å². The molecule has 132 valence electrons. The second-order valence-electron chi connectivity index (χ2n) is 6.60. The summed E-state index contributed by atoms with van der Waals surface area (Å²) in [5.41, 5.74) is 1.12. The number of carbonyl (C=O) groups excluding carboxylic acids is 1. The van der Waals surface area contributed by atoms with Gasteiger partial charge in [0.2, 0.25) is 6.79 Å². The van der Waals surface area contributed by atoms with E-state index in [1.807, 2.05) is 25.2 Å². The number of hydrogen-bond donors (Lipinski definition) is 1. The van der Waals surface area contributed by atoms with Gasteiger partial charge in [-0.05, 0) is 43.6 Å². The molecule has 2 aromatic rings. The van der Waals surface area contributed by atoms with Crippen LogP contribution in [-0.4, -0.2) is 48.9 Å². The second-order valence-corrected chi connectivity index (χ2v) is 6.60. The van der Waals surface area contributed by atoms with Crippen LogP contribution in [0.5, 0.6) is 11.5 Å². The fourth-order valence-corrected chi connectivity index (χ4v) is 3.47. The van der Waals surface area contributed by atoms with Crippen molar-refractivity contribution in [3.63, 3.8) is 0 Å². The molecule has 2 aliphatic heterocycles. The van der Waals surface area contributed by atoms with Crippen molar-refractivity contribution in [1.29, 1.82) is 0 Å². The van der Waals surface area contributed by atoms with Crippen LogP contribution in [0.15, 0.2) is 28.8 Å². The summed E-state index contributed by atoms with van der Waals surface area (Å²) in [6.45, 7) is 4.22. The summed E-state index contributed by atoms with van der Waals surface area (Å²) in [5, 5.41) is 7.32. The van der Waals surface area contributed by atoms with E-state index >= 15 is 0 Å². The summed E-state index contributed by atoms with van der Waals surface area (Å²) in [7, 11) is 1.84. The lowest BCUT2D eigenvalue weighted by Crippen LogP contribution is -2.49. The molecule has 0 aliphatic carbocycles. The number of ether oxygens (including phenoxy) is 2. The van der Waals surface area contributed by atoms with Crippen LogP contribution in [0.25, 0.3) is 11.3 Å². The molecule has 1 amide bonds. The molecule has 2 aliphatic rings. The minimum absolute atomic E-state index is 0.116. The second kappa shape index (κ2) is 6.40. The summed E-state index contributed by atoms with van der Waals surface area (Å²) >= 11 is 0. The Kier molecular flexibility index (Phi) is 4.09. The van der Waals surface area contributed by atoms with Crippen molar-refractivity contribution in [2.75, 3.05) is 26.9 Å². The molecular formula is C18H21N3O4. The molecule has 0 saturated carbocycles. The number of nitrogens with one attached hydrogen (secondary N) is 1. The Labute approximate surface area is 145 Å². The fourth-order valence-electron chi connectivity index (χ4n) is 3.47. The Bertz CT molecular complexity index is 788. The maximum Gasteiger partial charge on any atom is 0.276 e. The van der Waals surface area contributed by atoms with Gasteiger partial charge in [0, 0.05) is 24.7 Å². The van der Waals surface area contributed by atoms with E-state index in [0.29, 0.717) is 28.9 Å². The Morgan fingerprint density at radius 2 is 2.12 bits per heavy atom. The highest BCUT2D eigenvalue weighted by Gasteiger charge is 2.30. The van der Waals surface area contributed by atoms with E-state index in [9.17, 15) is 4.79 Å². The van der Waals surface area contributed by atoms with Crippen LogP contribution in [0.4, 0.5) is 0 Å². The minimum Gasteiger partial charge on any atom is -0.454 e. The summed E-state index contributed by atoms with van der Waals surface area (Å²) in [4.78, 5) is 14.5. The average Bonchev–Trinajstić information content (AvgIpc) is 3.29. The molecule has 0 radical (unpaired) electrons. The predicted octanol–water partition coefficient (Wildman–Crippen LogP) is 2.14. The number of hydrogen-bond acceptors (Lipinski definition) is 6. The number of fused-ring (bicyclic) bond motifs is 1. The Morgan fingerprint density at radius 3 is 2.96 bits per heavy atom. The van der Waals surface area contributed by atoms with Crippen molar-refractivity contribution in [3.05, 3.63) is 30.0 Å². The van der Waals surface area contributed by atoms with Crippen LogP contribution >= 0.6 is 0 Å². The molecule has 2 unspecified atom stereocenters. The van der Waals surface area contributed by atoms with Crippen LogP contribution in [0.2, 0.25) is 0 Å². The normalized spacial score (nSPS) is 22.0. The topological polar surface area (TPSA) is 76.8 Å². The first-order chi connectivity index (χ1) is 12.1. The Hall–Kier alpha value is -2.54. The molecule has 1 aromatic carbocycles. The predicted molar refractivity (Wildman–Crippen MR) is 90.6 cm³/mol. The van der Waals surface area contributed by atoms with E-state index in [1.54, 1.807) is 11.0 Å². The van der Waals surface area contributed by atoms with Crippen LogP contribution in [0.1, 0.15) is 23.8 Å². The highest BCUT2D eigenvalue weighted by Crippen LogP contribution is 2.36. The van der Waals surface area contributed by atoms with Crippen molar-refractivity contribution in [2.45, 2.75) is 19.4 Å². The van der Waals surface area contributed by atoms with E-state index in [-0.39, 0.29) is 18.7 Å². The molecule has 7 heteroatoms. The van der Waals surface area contributed by atoms with Crippen molar-refractivity contribution in [3.8, 4) is 22.8 Å². The van der Waals surface area contributed by atoms with Gasteiger partial charge in [-0.2, -0.15) is 0 Å². The van der Waals surface area contributed by atoms with E-state index in [0.717, 1.165) is 25.1 Å². The quantitative estimate of drug-likeness (QED) is 0.920. The molecule has 0 spiro atoms. The van der Waals surface area contributed by atoms with Crippen molar-refractivity contribution < 1.29 is 18.8 Å². The molecule has 2 atom stereocenters. The molecule has 7 nitrogen and oxygen atoms in total. The lowest BCUT2D eigenvalue weighted by atomic mass is 9.94. The zero-order valence-corrected chi connectivity index (χ0v) is 14.3. The van der Waals surface area contributed by atoms with Gasteiger partial charge in [0.05, 0.1) is 0 Å². The van der Waals surface area contributed by atoms with Gasteiger partial charge in [-0.15, -0.1) is 0 Å². The molecule has 1 N–H and O–H groups in total. The van der Waals surface area contributed by atoms with Gasteiger partial charge in [-0.1, -0.05) is 12.1 Å². The van der Waals surface area contributed by atoms with Crippen LogP contribution in [0, 0.1) is 5.92 Å². The monoisotopic (exact) mass is 343 g/mol. The number of aromatic nitrogens is 1. The highest BCUT2D eigenvalue weighted by molar-refractivity contribution is 5.93. The van der Waals surface area contributed by atoms with Gasteiger partial charge >= 0.3 is 0 Å². The molecule has 0 bridgehead atoms. The molecule has 1 fully saturated rings. The third-order valence-corrected chi connectivity index (χ3v) is 4.94. The van der Waals surface area contributed by atoms with Crippen molar-refractivity contribution in [1.82, 2.24) is 15.4 Å². The lowest BCUT2D eigenvalue weighted by Gasteiger charge is -2.36. The zero-order chi connectivity index (χ0) is 17.4.